The number of fused-ring (bicyclic) bond motifs is 1. The van der Waals surface area contributed by atoms with E-state index in [0.717, 1.165) is 5.69 Å². The first-order chi connectivity index (χ1) is 6.74. The van der Waals surface area contributed by atoms with Crippen LogP contribution in [0, 0.1) is 0 Å². The molecule has 0 bridgehead atoms. The Kier molecular flexibility index (Phi) is 2.20. The van der Waals surface area contributed by atoms with Gasteiger partial charge in [-0.1, -0.05) is 18.2 Å². The fraction of sp³-hybridized carbons (Fsp3) is 0.222. The molecule has 1 aliphatic rings. The summed E-state index contributed by atoms with van der Waals surface area (Å²) < 4.78 is 0. The second-order valence-corrected chi connectivity index (χ2v) is 3.05. The van der Waals surface area contributed by atoms with Crippen LogP contribution in [0.3, 0.4) is 0 Å². The lowest BCUT2D eigenvalue weighted by Gasteiger charge is -2.28. The molecule has 2 rings (SSSR count). The van der Waals surface area contributed by atoms with Crippen LogP contribution in [0.25, 0.3) is 0 Å². The summed E-state index contributed by atoms with van der Waals surface area (Å²) in [6.45, 7) is 0.210. The molecule has 5 N–H and O–H groups in total. The Morgan fingerprint density at radius 3 is 2.86 bits per heavy atom. The number of nitrogens with two attached hydrogens (primary N) is 2. The average Bonchev–Trinajstić information content (AvgIpc) is 2.23. The van der Waals surface area contributed by atoms with Crippen LogP contribution >= 0.6 is 0 Å². The number of benzene rings is 1. The molecule has 0 fully saturated rings. The van der Waals surface area contributed by atoms with Gasteiger partial charge in [0.1, 0.15) is 5.84 Å². The molecule has 0 spiro atoms. The van der Waals surface area contributed by atoms with Crippen molar-refractivity contribution in [3.8, 4) is 0 Å². The molecule has 14 heavy (non-hydrogen) atoms. The summed E-state index contributed by atoms with van der Waals surface area (Å²) in [5.41, 5.74) is 6.90. The average molecular weight is 192 g/mol. The standard InChI is InChI=1S/C9H12N4O/c10-5-8-12-9(14)6-3-1-2-4-7(6)13(8)11/h1-4,9,14H,5,10-11H2. The molecule has 0 aromatic heterocycles. The summed E-state index contributed by atoms with van der Waals surface area (Å²) in [5.74, 6) is 6.26. The maximum atomic E-state index is 9.66. The first-order valence-corrected chi connectivity index (χ1v) is 4.32. The van der Waals surface area contributed by atoms with E-state index in [1.54, 1.807) is 6.07 Å². The van der Waals surface area contributed by atoms with Crippen LogP contribution in [0.1, 0.15) is 11.8 Å². The third-order valence-corrected chi connectivity index (χ3v) is 2.21. The zero-order valence-corrected chi connectivity index (χ0v) is 7.59. The van der Waals surface area contributed by atoms with E-state index in [-0.39, 0.29) is 6.54 Å². The molecule has 0 aliphatic carbocycles. The predicted molar refractivity (Wildman–Crippen MR) is 54.6 cm³/mol. The van der Waals surface area contributed by atoms with Crippen LogP contribution in [0.4, 0.5) is 5.69 Å². The largest absolute Gasteiger partial charge is 0.368 e. The summed E-state index contributed by atoms with van der Waals surface area (Å²) >= 11 is 0. The quantitative estimate of drug-likeness (QED) is 0.534. The van der Waals surface area contributed by atoms with Crippen molar-refractivity contribution in [3.63, 3.8) is 0 Å². The van der Waals surface area contributed by atoms with Gasteiger partial charge >= 0.3 is 0 Å². The monoisotopic (exact) mass is 192 g/mol. The van der Waals surface area contributed by atoms with E-state index in [1.165, 1.54) is 5.01 Å². The number of anilines is 1. The van der Waals surface area contributed by atoms with Crippen molar-refractivity contribution in [2.24, 2.45) is 16.6 Å². The minimum atomic E-state index is -0.857. The van der Waals surface area contributed by atoms with Crippen molar-refractivity contribution < 1.29 is 5.11 Å². The van der Waals surface area contributed by atoms with E-state index in [0.29, 0.717) is 11.4 Å². The topological polar surface area (TPSA) is 87.9 Å². The zero-order chi connectivity index (χ0) is 10.1. The Hall–Kier alpha value is -1.43. The van der Waals surface area contributed by atoms with E-state index in [1.807, 2.05) is 18.2 Å². The lowest BCUT2D eigenvalue weighted by atomic mass is 10.1. The Bertz CT molecular complexity index is 377. The number of nitrogens with zero attached hydrogens (tertiary/aromatic N) is 2. The van der Waals surface area contributed by atoms with E-state index in [2.05, 4.69) is 4.99 Å². The molecule has 0 saturated carbocycles. The Balaban J connectivity index is 2.49. The molecular weight excluding hydrogens is 180 g/mol. The smallest absolute Gasteiger partial charge is 0.175 e. The number of aliphatic hydroxyl groups is 1. The van der Waals surface area contributed by atoms with Crippen molar-refractivity contribution >= 4 is 11.5 Å². The number of aliphatic imine (C=N–C) groups is 1. The van der Waals surface area contributed by atoms with Gasteiger partial charge in [-0.2, -0.15) is 0 Å². The lowest BCUT2D eigenvalue weighted by molar-refractivity contribution is 0.187. The first-order valence-electron chi connectivity index (χ1n) is 4.32. The van der Waals surface area contributed by atoms with Gasteiger partial charge in [0.05, 0.1) is 12.2 Å². The van der Waals surface area contributed by atoms with Gasteiger partial charge in [-0.05, 0) is 6.07 Å². The molecule has 0 saturated heterocycles. The fourth-order valence-corrected chi connectivity index (χ4v) is 1.49. The molecule has 0 amide bonds. The number of para-hydroxylation sites is 1. The molecule has 5 heteroatoms. The summed E-state index contributed by atoms with van der Waals surface area (Å²) in [6.07, 6.45) is -0.857. The SMILES string of the molecule is NCC1=NC(O)c2ccccc2N1N. The number of rotatable bonds is 1. The highest BCUT2D eigenvalue weighted by Gasteiger charge is 2.22. The molecule has 1 aliphatic heterocycles. The van der Waals surface area contributed by atoms with Crippen LogP contribution in [0.5, 0.6) is 0 Å². The van der Waals surface area contributed by atoms with Gasteiger partial charge in [0.25, 0.3) is 0 Å². The van der Waals surface area contributed by atoms with Crippen molar-refractivity contribution in [3.05, 3.63) is 29.8 Å². The Labute approximate surface area is 81.6 Å². The Morgan fingerprint density at radius 1 is 1.43 bits per heavy atom. The Morgan fingerprint density at radius 2 is 2.14 bits per heavy atom. The molecule has 0 radical (unpaired) electrons. The second kappa shape index (κ2) is 3.38. The highest BCUT2D eigenvalue weighted by Crippen LogP contribution is 2.29. The number of aliphatic hydroxyl groups excluding tert-OH is 1. The van der Waals surface area contributed by atoms with Gasteiger partial charge in [0.2, 0.25) is 0 Å². The highest BCUT2D eigenvalue weighted by molar-refractivity contribution is 6.00. The van der Waals surface area contributed by atoms with Crippen LogP contribution in [0.15, 0.2) is 29.3 Å². The van der Waals surface area contributed by atoms with Crippen molar-refractivity contribution in [2.75, 3.05) is 11.6 Å². The number of amidine groups is 1. The van der Waals surface area contributed by atoms with E-state index >= 15 is 0 Å². The van der Waals surface area contributed by atoms with Crippen molar-refractivity contribution in [1.29, 1.82) is 0 Å². The van der Waals surface area contributed by atoms with Gasteiger partial charge < -0.3 is 10.8 Å². The summed E-state index contributed by atoms with van der Waals surface area (Å²) in [4.78, 5) is 3.97. The van der Waals surface area contributed by atoms with Gasteiger partial charge in [0.15, 0.2) is 6.23 Å². The molecular formula is C9H12N4O. The minimum Gasteiger partial charge on any atom is -0.368 e. The number of hydrazine groups is 1. The summed E-state index contributed by atoms with van der Waals surface area (Å²) in [5, 5.41) is 11.1. The summed E-state index contributed by atoms with van der Waals surface area (Å²) in [6, 6.07) is 7.29. The second-order valence-electron chi connectivity index (χ2n) is 3.05. The van der Waals surface area contributed by atoms with Crippen LogP contribution in [-0.4, -0.2) is 17.5 Å². The van der Waals surface area contributed by atoms with E-state index in [4.69, 9.17) is 11.6 Å². The number of hydrogen-bond donors (Lipinski definition) is 3. The normalized spacial score (nSPS) is 20.4. The fourth-order valence-electron chi connectivity index (χ4n) is 1.49. The number of hydrogen-bond acceptors (Lipinski definition) is 5. The van der Waals surface area contributed by atoms with E-state index < -0.39 is 6.23 Å². The molecule has 74 valence electrons. The van der Waals surface area contributed by atoms with Gasteiger partial charge in [-0.3, -0.25) is 5.01 Å². The van der Waals surface area contributed by atoms with Gasteiger partial charge in [-0.25, -0.2) is 10.8 Å². The molecule has 1 atom stereocenters. The predicted octanol–water partition coefficient (Wildman–Crippen LogP) is -0.272. The molecule has 1 aromatic rings. The van der Waals surface area contributed by atoms with Crippen LogP contribution in [-0.2, 0) is 0 Å². The molecule has 1 aromatic carbocycles. The van der Waals surface area contributed by atoms with Crippen LogP contribution < -0.4 is 16.6 Å². The van der Waals surface area contributed by atoms with Gasteiger partial charge in [0, 0.05) is 5.56 Å². The highest BCUT2D eigenvalue weighted by atomic mass is 16.3. The molecule has 1 heterocycles. The van der Waals surface area contributed by atoms with Crippen molar-refractivity contribution in [1.82, 2.24) is 0 Å². The first kappa shape index (κ1) is 9.14. The zero-order valence-electron chi connectivity index (χ0n) is 7.59. The third kappa shape index (κ3) is 1.27. The molecule has 1 unspecified atom stereocenters. The van der Waals surface area contributed by atoms with E-state index in [9.17, 15) is 5.11 Å². The molecule has 5 nitrogen and oxygen atoms in total. The maximum absolute atomic E-state index is 9.66. The third-order valence-electron chi connectivity index (χ3n) is 2.21. The lowest BCUT2D eigenvalue weighted by Crippen LogP contribution is -2.44. The maximum Gasteiger partial charge on any atom is 0.175 e. The van der Waals surface area contributed by atoms with Crippen LogP contribution in [0.2, 0.25) is 0 Å². The summed E-state index contributed by atoms with van der Waals surface area (Å²) in [7, 11) is 0. The van der Waals surface area contributed by atoms with Gasteiger partial charge in [-0.15, -0.1) is 0 Å². The van der Waals surface area contributed by atoms with Crippen molar-refractivity contribution in [2.45, 2.75) is 6.23 Å². The minimum absolute atomic E-state index is 0.210.